The number of fused-ring (bicyclic) bond motifs is 1. The second kappa shape index (κ2) is 7.57. The largest absolute Gasteiger partial charge is 0.507 e. The van der Waals surface area contributed by atoms with E-state index in [0.717, 1.165) is 10.8 Å². The van der Waals surface area contributed by atoms with Crippen molar-refractivity contribution in [3.8, 4) is 17.2 Å². The Kier molecular flexibility index (Phi) is 5.03. The zero-order chi connectivity index (χ0) is 18.5. The summed E-state index contributed by atoms with van der Waals surface area (Å²) >= 11 is 0. The maximum Gasteiger partial charge on any atom is 0.275 e. The molecule has 0 aromatic heterocycles. The number of carbonyl (C=O) groups is 1. The number of rotatable bonds is 5. The Balaban J connectivity index is 1.83. The van der Waals surface area contributed by atoms with Crippen LogP contribution in [0.2, 0.25) is 0 Å². The molecule has 3 aromatic rings. The highest BCUT2D eigenvalue weighted by atomic mass is 16.5. The molecule has 0 aliphatic heterocycles. The van der Waals surface area contributed by atoms with Crippen LogP contribution >= 0.6 is 0 Å². The lowest BCUT2D eigenvalue weighted by Crippen LogP contribution is -2.18. The summed E-state index contributed by atoms with van der Waals surface area (Å²) in [7, 11) is 3.01. The van der Waals surface area contributed by atoms with Gasteiger partial charge >= 0.3 is 0 Å². The monoisotopic (exact) mass is 350 g/mol. The van der Waals surface area contributed by atoms with Crippen LogP contribution in [0.25, 0.3) is 10.8 Å². The molecule has 0 heterocycles. The van der Waals surface area contributed by atoms with Crippen LogP contribution in [0.3, 0.4) is 0 Å². The standard InChI is InChI=1S/C20H18N2O4/c1-25-14-8-9-16(19(11-14)26-2)20(24)22-21-12-17-15-6-4-3-5-13(15)7-10-18(17)23/h3-12,23H,1-2H3,(H,22,24)/b21-12-. The molecule has 0 atom stereocenters. The van der Waals surface area contributed by atoms with Crippen molar-refractivity contribution in [1.29, 1.82) is 0 Å². The lowest BCUT2D eigenvalue weighted by Gasteiger charge is -2.09. The Morgan fingerprint density at radius 1 is 1.08 bits per heavy atom. The van der Waals surface area contributed by atoms with Crippen molar-refractivity contribution in [1.82, 2.24) is 5.43 Å². The summed E-state index contributed by atoms with van der Waals surface area (Å²) in [4.78, 5) is 12.4. The maximum absolute atomic E-state index is 12.4. The Labute approximate surface area is 150 Å². The molecule has 0 unspecified atom stereocenters. The normalized spacial score (nSPS) is 10.8. The number of hydrogen-bond acceptors (Lipinski definition) is 5. The van der Waals surface area contributed by atoms with E-state index in [0.29, 0.717) is 22.6 Å². The molecule has 6 nitrogen and oxygen atoms in total. The SMILES string of the molecule is COc1ccc(C(=O)N/N=C\c2c(O)ccc3ccccc23)c(OC)c1. The molecular weight excluding hydrogens is 332 g/mol. The number of hydrazone groups is 1. The Morgan fingerprint density at radius 2 is 1.88 bits per heavy atom. The van der Waals surface area contributed by atoms with Crippen LogP contribution in [-0.2, 0) is 0 Å². The van der Waals surface area contributed by atoms with Gasteiger partial charge in [-0.15, -0.1) is 0 Å². The summed E-state index contributed by atoms with van der Waals surface area (Å²) in [5.74, 6) is 0.622. The number of phenols is 1. The third kappa shape index (κ3) is 3.44. The smallest absolute Gasteiger partial charge is 0.275 e. The molecule has 132 valence electrons. The van der Waals surface area contributed by atoms with Gasteiger partial charge in [0.2, 0.25) is 0 Å². The molecule has 6 heteroatoms. The maximum atomic E-state index is 12.4. The summed E-state index contributed by atoms with van der Waals surface area (Å²) < 4.78 is 10.3. The van der Waals surface area contributed by atoms with E-state index in [1.807, 2.05) is 30.3 Å². The topological polar surface area (TPSA) is 80.2 Å². The van der Waals surface area contributed by atoms with Crippen molar-refractivity contribution in [3.63, 3.8) is 0 Å². The van der Waals surface area contributed by atoms with Crippen LogP contribution in [-0.4, -0.2) is 31.4 Å². The van der Waals surface area contributed by atoms with Gasteiger partial charge in [-0.3, -0.25) is 4.79 Å². The number of carbonyl (C=O) groups excluding carboxylic acids is 1. The van der Waals surface area contributed by atoms with Gasteiger partial charge in [0.1, 0.15) is 17.2 Å². The van der Waals surface area contributed by atoms with Crippen molar-refractivity contribution < 1.29 is 19.4 Å². The third-order valence-electron chi connectivity index (χ3n) is 3.96. The van der Waals surface area contributed by atoms with Crippen molar-refractivity contribution in [2.45, 2.75) is 0 Å². The first-order valence-electron chi connectivity index (χ1n) is 7.90. The van der Waals surface area contributed by atoms with Crippen molar-refractivity contribution in [2.24, 2.45) is 5.10 Å². The number of aromatic hydroxyl groups is 1. The quantitative estimate of drug-likeness (QED) is 0.546. The molecule has 0 spiro atoms. The Morgan fingerprint density at radius 3 is 2.65 bits per heavy atom. The number of benzene rings is 3. The number of hydrogen-bond donors (Lipinski definition) is 2. The lowest BCUT2D eigenvalue weighted by atomic mass is 10.0. The highest BCUT2D eigenvalue weighted by Gasteiger charge is 2.13. The first-order valence-corrected chi connectivity index (χ1v) is 7.90. The average Bonchev–Trinajstić information content (AvgIpc) is 2.68. The fourth-order valence-electron chi connectivity index (χ4n) is 2.62. The molecule has 2 N–H and O–H groups in total. The molecule has 0 aliphatic rings. The molecule has 0 radical (unpaired) electrons. The molecular formula is C20H18N2O4. The van der Waals surface area contributed by atoms with Gasteiger partial charge < -0.3 is 14.6 Å². The average molecular weight is 350 g/mol. The van der Waals surface area contributed by atoms with Gasteiger partial charge in [0, 0.05) is 11.6 Å². The summed E-state index contributed by atoms with van der Waals surface area (Å²) in [6.45, 7) is 0. The first kappa shape index (κ1) is 17.3. The fraction of sp³-hybridized carbons (Fsp3) is 0.100. The van der Waals surface area contributed by atoms with Crippen LogP contribution in [0.5, 0.6) is 17.2 Å². The van der Waals surface area contributed by atoms with Gasteiger partial charge in [-0.1, -0.05) is 30.3 Å². The van der Waals surface area contributed by atoms with E-state index in [-0.39, 0.29) is 5.75 Å². The molecule has 0 bridgehead atoms. The van der Waals surface area contributed by atoms with Gasteiger partial charge in [0.25, 0.3) is 5.91 Å². The van der Waals surface area contributed by atoms with Gasteiger partial charge in [-0.05, 0) is 29.0 Å². The minimum absolute atomic E-state index is 0.0868. The van der Waals surface area contributed by atoms with Crippen molar-refractivity contribution in [3.05, 3.63) is 65.7 Å². The minimum Gasteiger partial charge on any atom is -0.507 e. The molecule has 3 aromatic carbocycles. The van der Waals surface area contributed by atoms with E-state index in [1.54, 1.807) is 24.3 Å². The summed E-state index contributed by atoms with van der Waals surface area (Å²) in [6.07, 6.45) is 1.42. The van der Waals surface area contributed by atoms with E-state index in [1.165, 1.54) is 20.4 Å². The Hall–Kier alpha value is -3.54. The minimum atomic E-state index is -0.430. The number of phenolic OH excluding ortho intramolecular Hbond substituents is 1. The third-order valence-corrected chi connectivity index (χ3v) is 3.96. The molecule has 0 saturated heterocycles. The van der Waals surface area contributed by atoms with Gasteiger partial charge in [-0.2, -0.15) is 5.10 Å². The van der Waals surface area contributed by atoms with Gasteiger partial charge in [-0.25, -0.2) is 5.43 Å². The van der Waals surface area contributed by atoms with Crippen molar-refractivity contribution in [2.75, 3.05) is 14.2 Å². The van der Waals surface area contributed by atoms with E-state index in [9.17, 15) is 9.90 Å². The van der Waals surface area contributed by atoms with Crippen molar-refractivity contribution >= 4 is 22.9 Å². The van der Waals surface area contributed by atoms with Gasteiger partial charge in [0.15, 0.2) is 0 Å². The van der Waals surface area contributed by atoms with Crippen LogP contribution in [0.4, 0.5) is 0 Å². The molecule has 3 rings (SSSR count). The van der Waals surface area contributed by atoms with Crippen LogP contribution in [0.15, 0.2) is 59.7 Å². The fourth-order valence-corrected chi connectivity index (χ4v) is 2.62. The molecule has 0 fully saturated rings. The van der Waals surface area contributed by atoms with E-state index >= 15 is 0 Å². The lowest BCUT2D eigenvalue weighted by molar-refractivity contribution is 0.0952. The summed E-state index contributed by atoms with van der Waals surface area (Å²) in [5.41, 5.74) is 3.31. The summed E-state index contributed by atoms with van der Waals surface area (Å²) in [5, 5.41) is 15.9. The Bertz CT molecular complexity index is 983. The molecule has 26 heavy (non-hydrogen) atoms. The van der Waals surface area contributed by atoms with Crippen LogP contribution < -0.4 is 14.9 Å². The van der Waals surface area contributed by atoms with E-state index < -0.39 is 5.91 Å². The second-order valence-corrected chi connectivity index (χ2v) is 5.48. The molecule has 0 aliphatic carbocycles. The highest BCUT2D eigenvalue weighted by Crippen LogP contribution is 2.26. The second-order valence-electron chi connectivity index (χ2n) is 5.48. The highest BCUT2D eigenvalue weighted by molar-refractivity contribution is 6.03. The first-order chi connectivity index (χ1) is 12.6. The number of methoxy groups -OCH3 is 2. The van der Waals surface area contributed by atoms with E-state index in [2.05, 4.69) is 10.5 Å². The molecule has 0 saturated carbocycles. The van der Waals surface area contributed by atoms with Gasteiger partial charge in [0.05, 0.1) is 26.0 Å². The zero-order valence-corrected chi connectivity index (χ0v) is 14.4. The number of ether oxygens (including phenoxy) is 2. The predicted molar refractivity (Wildman–Crippen MR) is 100 cm³/mol. The zero-order valence-electron chi connectivity index (χ0n) is 14.4. The van der Waals surface area contributed by atoms with E-state index in [4.69, 9.17) is 9.47 Å². The molecule has 1 amide bonds. The number of nitrogens with zero attached hydrogens (tertiary/aromatic N) is 1. The summed E-state index contributed by atoms with van der Waals surface area (Å²) in [6, 6.07) is 15.9. The predicted octanol–water partition coefficient (Wildman–Crippen LogP) is 3.33. The number of nitrogens with one attached hydrogen (secondary N) is 1. The number of amides is 1. The van der Waals surface area contributed by atoms with Crippen LogP contribution in [0.1, 0.15) is 15.9 Å². The van der Waals surface area contributed by atoms with Crippen LogP contribution in [0, 0.1) is 0 Å².